The topological polar surface area (TPSA) is 92.3 Å². The molecule has 0 aliphatic heterocycles. The number of Topliss-reactive ketones (excluding diaryl/α,β-unsaturated/α-hetero) is 1. The van der Waals surface area contributed by atoms with Crippen molar-refractivity contribution >= 4 is 21.7 Å². The van der Waals surface area contributed by atoms with E-state index in [9.17, 15) is 22.4 Å². The second kappa shape index (κ2) is 9.59. The molecule has 2 bridgehead atoms. The van der Waals surface area contributed by atoms with E-state index in [1.165, 1.54) is 30.3 Å². The Labute approximate surface area is 210 Å². The summed E-state index contributed by atoms with van der Waals surface area (Å²) in [5, 5.41) is 2.75. The van der Waals surface area contributed by atoms with E-state index in [4.69, 9.17) is 0 Å². The van der Waals surface area contributed by atoms with E-state index >= 15 is 0 Å². The molecule has 0 unspecified atom stereocenters. The van der Waals surface area contributed by atoms with Crippen molar-refractivity contribution in [2.75, 3.05) is 0 Å². The highest BCUT2D eigenvalue weighted by Gasteiger charge is 2.58. The van der Waals surface area contributed by atoms with Gasteiger partial charge in [-0.3, -0.25) is 9.59 Å². The van der Waals surface area contributed by atoms with Gasteiger partial charge in [0.1, 0.15) is 5.82 Å². The van der Waals surface area contributed by atoms with Gasteiger partial charge in [0.15, 0.2) is 5.78 Å². The molecule has 8 heteroatoms. The van der Waals surface area contributed by atoms with Crippen LogP contribution in [0.2, 0.25) is 0 Å². The van der Waals surface area contributed by atoms with E-state index < -0.39 is 27.8 Å². The number of carbonyl (C=O) groups excluding carboxylic acids is 2. The average Bonchev–Trinajstić information content (AvgIpc) is 2.81. The third kappa shape index (κ3) is 5.24. The van der Waals surface area contributed by atoms with E-state index in [2.05, 4.69) is 10.0 Å². The number of amides is 1. The first-order chi connectivity index (χ1) is 17.2. The molecule has 1 atom stereocenters. The first-order valence-electron chi connectivity index (χ1n) is 12.0. The highest BCUT2D eigenvalue weighted by atomic mass is 32.2. The third-order valence-corrected chi connectivity index (χ3v) is 8.66. The van der Waals surface area contributed by atoms with Crippen molar-refractivity contribution in [3.63, 3.8) is 0 Å². The summed E-state index contributed by atoms with van der Waals surface area (Å²) in [6.07, 6.45) is 3.01. The van der Waals surface area contributed by atoms with Crippen LogP contribution >= 0.6 is 0 Å². The predicted octanol–water partition coefficient (Wildman–Crippen LogP) is 3.81. The molecular weight excluding hydrogens is 479 g/mol. The summed E-state index contributed by atoms with van der Waals surface area (Å²) in [4.78, 5) is 26.2. The predicted molar refractivity (Wildman–Crippen MR) is 133 cm³/mol. The van der Waals surface area contributed by atoms with Crippen LogP contribution in [0.4, 0.5) is 4.39 Å². The monoisotopic (exact) mass is 506 g/mol. The lowest BCUT2D eigenvalue weighted by molar-refractivity contribution is -0.120. The summed E-state index contributed by atoms with van der Waals surface area (Å²) in [6, 6.07) is 20.0. The molecule has 0 saturated heterocycles. The van der Waals surface area contributed by atoms with Crippen LogP contribution in [-0.2, 0) is 27.7 Å². The second-order valence-corrected chi connectivity index (χ2v) is 11.6. The Balaban J connectivity index is 1.29. The van der Waals surface area contributed by atoms with Gasteiger partial charge in [0.05, 0.1) is 10.9 Å². The number of hydrogen-bond donors (Lipinski definition) is 2. The normalized spacial score (nSPS) is 21.1. The van der Waals surface area contributed by atoms with Gasteiger partial charge in [-0.1, -0.05) is 48.5 Å². The van der Waals surface area contributed by atoms with Gasteiger partial charge < -0.3 is 5.32 Å². The Bertz CT molecular complexity index is 1370. The fourth-order valence-electron chi connectivity index (χ4n) is 5.02. The Morgan fingerprint density at radius 1 is 0.917 bits per heavy atom. The maximum atomic E-state index is 13.6. The summed E-state index contributed by atoms with van der Waals surface area (Å²) in [7, 11) is -3.62. The van der Waals surface area contributed by atoms with Gasteiger partial charge in [-0.2, -0.15) is 0 Å². The van der Waals surface area contributed by atoms with Gasteiger partial charge in [-0.15, -0.1) is 0 Å². The van der Waals surface area contributed by atoms with E-state index in [0.29, 0.717) is 11.5 Å². The van der Waals surface area contributed by atoms with Crippen molar-refractivity contribution < 1.29 is 22.4 Å². The standard InChI is InChI=1S/C28H27FN2O4S/c29-23-8-4-7-22(15-23)27(33)30-25(13-19-5-2-1-3-6-19)26(32)14-20-9-11-24(12-10-20)36(34,35)31-28-16-21(17-28)18-28/h1-12,15,21,25,31H,13-14,16-18H2,(H,30,33)/t21?,25-,28?/m0/s1. The van der Waals surface area contributed by atoms with Crippen molar-refractivity contribution in [1.29, 1.82) is 0 Å². The zero-order valence-electron chi connectivity index (χ0n) is 19.6. The number of benzene rings is 3. The molecular formula is C28H27FN2O4S. The van der Waals surface area contributed by atoms with Crippen LogP contribution < -0.4 is 10.0 Å². The first-order valence-corrected chi connectivity index (χ1v) is 13.5. The molecule has 6 rings (SSSR count). The molecule has 6 nitrogen and oxygen atoms in total. The van der Waals surface area contributed by atoms with Crippen molar-refractivity contribution in [1.82, 2.24) is 10.0 Å². The molecule has 0 spiro atoms. The third-order valence-electron chi connectivity index (χ3n) is 7.06. The molecule has 3 aromatic carbocycles. The molecule has 186 valence electrons. The van der Waals surface area contributed by atoms with Gasteiger partial charge in [0.25, 0.3) is 5.91 Å². The molecule has 0 radical (unpaired) electrons. The summed E-state index contributed by atoms with van der Waals surface area (Å²) < 4.78 is 41.9. The van der Waals surface area contributed by atoms with Gasteiger partial charge in [0, 0.05) is 17.5 Å². The first kappa shape index (κ1) is 24.3. The van der Waals surface area contributed by atoms with Crippen LogP contribution in [0.1, 0.15) is 40.7 Å². The van der Waals surface area contributed by atoms with Gasteiger partial charge >= 0.3 is 0 Å². The summed E-state index contributed by atoms with van der Waals surface area (Å²) in [5.74, 6) is -0.644. The van der Waals surface area contributed by atoms with Crippen molar-refractivity contribution in [3.05, 3.63) is 101 Å². The Kier molecular flexibility index (Phi) is 6.49. The fourth-order valence-corrected chi connectivity index (χ4v) is 6.46. The zero-order chi connectivity index (χ0) is 25.3. The number of halogens is 1. The van der Waals surface area contributed by atoms with Gasteiger partial charge in [-0.25, -0.2) is 17.5 Å². The lowest BCUT2D eigenvalue weighted by atomic mass is 9.50. The largest absolute Gasteiger partial charge is 0.342 e. The Morgan fingerprint density at radius 2 is 1.61 bits per heavy atom. The number of sulfonamides is 1. The summed E-state index contributed by atoms with van der Waals surface area (Å²) in [6.45, 7) is 0. The SMILES string of the molecule is O=C(N[C@@H](Cc1ccccc1)C(=O)Cc1ccc(S(=O)(=O)NC23CC(C2)C3)cc1)c1cccc(F)c1. The number of hydrogen-bond acceptors (Lipinski definition) is 4. The molecule has 0 aromatic heterocycles. The van der Waals surface area contributed by atoms with E-state index in [-0.39, 0.29) is 34.6 Å². The lowest BCUT2D eigenvalue weighted by Gasteiger charge is -2.61. The molecule has 3 aromatic rings. The molecule has 3 saturated carbocycles. The minimum absolute atomic E-state index is 0.0142. The van der Waals surface area contributed by atoms with E-state index in [1.807, 2.05) is 30.3 Å². The molecule has 2 N–H and O–H groups in total. The van der Waals surface area contributed by atoms with E-state index in [0.717, 1.165) is 30.9 Å². The lowest BCUT2D eigenvalue weighted by Crippen LogP contribution is -2.67. The van der Waals surface area contributed by atoms with Crippen LogP contribution in [0.3, 0.4) is 0 Å². The Morgan fingerprint density at radius 3 is 2.22 bits per heavy atom. The van der Waals surface area contributed by atoms with Gasteiger partial charge in [0.2, 0.25) is 10.0 Å². The van der Waals surface area contributed by atoms with E-state index in [1.54, 1.807) is 12.1 Å². The number of carbonyl (C=O) groups is 2. The van der Waals surface area contributed by atoms with Crippen molar-refractivity contribution in [2.45, 2.75) is 48.6 Å². The molecule has 36 heavy (non-hydrogen) atoms. The minimum Gasteiger partial charge on any atom is -0.342 e. The molecule has 0 heterocycles. The maximum Gasteiger partial charge on any atom is 0.251 e. The summed E-state index contributed by atoms with van der Waals surface area (Å²) >= 11 is 0. The molecule has 3 fully saturated rings. The second-order valence-electron chi connectivity index (χ2n) is 9.88. The average molecular weight is 507 g/mol. The molecule has 1 amide bonds. The highest BCUT2D eigenvalue weighted by Crippen LogP contribution is 2.57. The smallest absolute Gasteiger partial charge is 0.251 e. The van der Waals surface area contributed by atoms with Crippen LogP contribution in [0.25, 0.3) is 0 Å². The number of ketones is 1. The molecule has 3 aliphatic rings. The van der Waals surface area contributed by atoms with Gasteiger partial charge in [-0.05, 0) is 73.1 Å². The number of nitrogens with one attached hydrogen (secondary N) is 2. The summed E-state index contributed by atoms with van der Waals surface area (Å²) in [5.41, 5.74) is 1.38. The highest BCUT2D eigenvalue weighted by molar-refractivity contribution is 7.89. The van der Waals surface area contributed by atoms with Crippen LogP contribution in [0.15, 0.2) is 83.8 Å². The number of rotatable bonds is 10. The zero-order valence-corrected chi connectivity index (χ0v) is 20.4. The molecule has 3 aliphatic carbocycles. The van der Waals surface area contributed by atoms with Crippen molar-refractivity contribution in [2.24, 2.45) is 5.92 Å². The van der Waals surface area contributed by atoms with Crippen LogP contribution in [0, 0.1) is 11.7 Å². The fraction of sp³-hybridized carbons (Fsp3) is 0.286. The minimum atomic E-state index is -3.62. The van der Waals surface area contributed by atoms with Crippen LogP contribution in [0.5, 0.6) is 0 Å². The van der Waals surface area contributed by atoms with Crippen LogP contribution in [-0.4, -0.2) is 31.7 Å². The quantitative estimate of drug-likeness (QED) is 0.438. The Hall–Kier alpha value is -3.36. The van der Waals surface area contributed by atoms with Crippen molar-refractivity contribution in [3.8, 4) is 0 Å². The maximum absolute atomic E-state index is 13.6.